The van der Waals surface area contributed by atoms with Crippen LogP contribution in [0.4, 0.5) is 8.78 Å². The van der Waals surface area contributed by atoms with Crippen LogP contribution in [0, 0.1) is 17.6 Å². The van der Waals surface area contributed by atoms with E-state index in [9.17, 15) is 13.6 Å². The van der Waals surface area contributed by atoms with E-state index in [-0.39, 0.29) is 17.4 Å². The molecule has 0 aromatic heterocycles. The first kappa shape index (κ1) is 14.9. The largest absolute Gasteiger partial charge is 0.341 e. The number of carbonyl (C=O) groups is 1. The lowest BCUT2D eigenvalue weighted by molar-refractivity contribution is -0.138. The van der Waals surface area contributed by atoms with Crippen molar-refractivity contribution in [3.8, 4) is 0 Å². The molecular formula is C15H20F2N2O. The number of nitrogens with one attached hydrogen (secondary N) is 1. The summed E-state index contributed by atoms with van der Waals surface area (Å²) in [6.07, 6.45) is 1.85. The molecule has 2 atom stereocenters. The molecule has 0 bridgehead atoms. The molecule has 1 heterocycles. The third-order valence-electron chi connectivity index (χ3n) is 3.91. The first-order chi connectivity index (χ1) is 9.54. The maximum atomic E-state index is 13.8. The summed E-state index contributed by atoms with van der Waals surface area (Å²) in [6.45, 7) is 2.95. The average molecular weight is 282 g/mol. The number of nitrogens with zero attached hydrogens (tertiary/aromatic N) is 1. The molecule has 2 unspecified atom stereocenters. The zero-order chi connectivity index (χ0) is 14.7. The molecule has 3 nitrogen and oxygen atoms in total. The second kappa shape index (κ2) is 6.31. The van der Waals surface area contributed by atoms with Crippen molar-refractivity contribution in [2.24, 2.45) is 5.92 Å². The van der Waals surface area contributed by atoms with Crippen LogP contribution in [-0.2, 0) is 4.79 Å². The summed E-state index contributed by atoms with van der Waals surface area (Å²) in [5, 5.41) is 2.97. The van der Waals surface area contributed by atoms with Gasteiger partial charge in [0.15, 0.2) is 11.6 Å². The number of benzene rings is 1. The Labute approximate surface area is 118 Å². The van der Waals surface area contributed by atoms with E-state index in [0.717, 1.165) is 18.9 Å². The predicted octanol–water partition coefficient (Wildman–Crippen LogP) is 2.48. The summed E-state index contributed by atoms with van der Waals surface area (Å²) in [5.41, 5.74) is 0.263. The average Bonchev–Trinajstić information content (AvgIpc) is 2.44. The van der Waals surface area contributed by atoms with Crippen LogP contribution in [0.15, 0.2) is 18.2 Å². The fourth-order valence-electron chi connectivity index (χ4n) is 2.67. The van der Waals surface area contributed by atoms with Crippen molar-refractivity contribution in [2.75, 3.05) is 20.1 Å². The van der Waals surface area contributed by atoms with Crippen LogP contribution in [0.1, 0.15) is 31.4 Å². The number of likely N-dealkylation sites (tertiary alicyclic amines) is 1. The molecule has 1 N–H and O–H groups in total. The van der Waals surface area contributed by atoms with Crippen molar-refractivity contribution in [2.45, 2.75) is 25.8 Å². The molecule has 0 spiro atoms. The topological polar surface area (TPSA) is 32.3 Å². The van der Waals surface area contributed by atoms with Gasteiger partial charge in [0.1, 0.15) is 0 Å². The summed E-state index contributed by atoms with van der Waals surface area (Å²) >= 11 is 0. The second-order valence-electron chi connectivity index (χ2n) is 5.31. The summed E-state index contributed by atoms with van der Waals surface area (Å²) in [4.78, 5) is 13.8. The molecule has 1 aliphatic heterocycles. The Morgan fingerprint density at radius 3 is 2.90 bits per heavy atom. The zero-order valence-electron chi connectivity index (χ0n) is 11.8. The number of piperidine rings is 1. The van der Waals surface area contributed by atoms with Crippen LogP contribution in [0.5, 0.6) is 0 Å². The van der Waals surface area contributed by atoms with Gasteiger partial charge in [-0.3, -0.25) is 4.79 Å². The predicted molar refractivity (Wildman–Crippen MR) is 73.1 cm³/mol. The normalized spacial score (nSPS) is 21.1. The van der Waals surface area contributed by atoms with E-state index in [1.807, 2.05) is 6.92 Å². The summed E-state index contributed by atoms with van der Waals surface area (Å²) in [7, 11) is 1.69. The van der Waals surface area contributed by atoms with Crippen molar-refractivity contribution in [1.29, 1.82) is 0 Å². The van der Waals surface area contributed by atoms with Gasteiger partial charge in [0.2, 0.25) is 5.91 Å². The molecule has 110 valence electrons. The van der Waals surface area contributed by atoms with Gasteiger partial charge in [-0.1, -0.05) is 19.1 Å². The molecule has 1 saturated heterocycles. The molecular weight excluding hydrogens is 262 g/mol. The van der Waals surface area contributed by atoms with Gasteiger partial charge in [-0.15, -0.1) is 0 Å². The Hall–Kier alpha value is -1.49. The van der Waals surface area contributed by atoms with Crippen LogP contribution in [0.3, 0.4) is 0 Å². The van der Waals surface area contributed by atoms with Crippen molar-refractivity contribution in [3.63, 3.8) is 0 Å². The highest BCUT2D eigenvalue weighted by atomic mass is 19.2. The van der Waals surface area contributed by atoms with E-state index in [1.54, 1.807) is 18.0 Å². The Balaban J connectivity index is 2.16. The molecule has 1 amide bonds. The van der Waals surface area contributed by atoms with Gasteiger partial charge in [0.25, 0.3) is 0 Å². The van der Waals surface area contributed by atoms with Crippen LogP contribution in [-0.4, -0.2) is 30.9 Å². The molecule has 0 radical (unpaired) electrons. The number of hydrogen-bond acceptors (Lipinski definition) is 2. The lowest BCUT2D eigenvalue weighted by atomic mass is 9.97. The third-order valence-corrected chi connectivity index (χ3v) is 3.91. The van der Waals surface area contributed by atoms with Gasteiger partial charge in [0, 0.05) is 24.6 Å². The molecule has 1 aromatic carbocycles. The second-order valence-corrected chi connectivity index (χ2v) is 5.31. The van der Waals surface area contributed by atoms with E-state index in [2.05, 4.69) is 5.32 Å². The van der Waals surface area contributed by atoms with Gasteiger partial charge in [-0.05, 0) is 26.0 Å². The van der Waals surface area contributed by atoms with Crippen molar-refractivity contribution < 1.29 is 13.6 Å². The van der Waals surface area contributed by atoms with Gasteiger partial charge >= 0.3 is 0 Å². The lowest BCUT2D eigenvalue weighted by Gasteiger charge is -2.33. The van der Waals surface area contributed by atoms with Crippen LogP contribution >= 0.6 is 0 Å². The number of likely N-dealkylation sites (N-methyl/N-ethyl adjacent to an activating group) is 1. The van der Waals surface area contributed by atoms with E-state index in [4.69, 9.17) is 0 Å². The van der Waals surface area contributed by atoms with Crippen molar-refractivity contribution in [1.82, 2.24) is 10.2 Å². The fraction of sp³-hybridized carbons (Fsp3) is 0.533. The summed E-state index contributed by atoms with van der Waals surface area (Å²) in [5.74, 6) is -1.60. The molecule has 0 aliphatic carbocycles. The van der Waals surface area contributed by atoms with Gasteiger partial charge < -0.3 is 10.2 Å². The standard InChI is InChI=1S/C15H20F2N2O/c1-10-5-4-8-19(15(10)20)9-13(18-2)11-6-3-7-12(16)14(11)17/h3,6-7,10,13,18H,4-5,8-9H2,1-2H3. The van der Waals surface area contributed by atoms with Crippen LogP contribution < -0.4 is 5.32 Å². The molecule has 1 aliphatic rings. The maximum absolute atomic E-state index is 13.8. The number of amides is 1. The molecule has 1 fully saturated rings. The Bertz CT molecular complexity index is 493. The van der Waals surface area contributed by atoms with E-state index < -0.39 is 17.7 Å². The highest BCUT2D eigenvalue weighted by molar-refractivity contribution is 5.79. The first-order valence-electron chi connectivity index (χ1n) is 6.94. The molecule has 5 heteroatoms. The van der Waals surface area contributed by atoms with Gasteiger partial charge in [0.05, 0.1) is 6.04 Å². The quantitative estimate of drug-likeness (QED) is 0.920. The lowest BCUT2D eigenvalue weighted by Crippen LogP contribution is -2.44. The third kappa shape index (κ3) is 2.98. The Morgan fingerprint density at radius 2 is 2.20 bits per heavy atom. The number of halogens is 2. The highest BCUT2D eigenvalue weighted by Crippen LogP contribution is 2.23. The Morgan fingerprint density at radius 1 is 1.45 bits per heavy atom. The van der Waals surface area contributed by atoms with Crippen molar-refractivity contribution >= 4 is 5.91 Å². The minimum absolute atomic E-state index is 0.0126. The van der Waals surface area contributed by atoms with Gasteiger partial charge in [-0.25, -0.2) is 8.78 Å². The first-order valence-corrected chi connectivity index (χ1v) is 6.94. The highest BCUT2D eigenvalue weighted by Gasteiger charge is 2.28. The minimum atomic E-state index is -0.860. The fourth-order valence-corrected chi connectivity index (χ4v) is 2.67. The summed E-state index contributed by atoms with van der Waals surface area (Å²) in [6, 6.07) is 3.73. The SMILES string of the molecule is CNC(CN1CCCC(C)C1=O)c1cccc(F)c1F. The summed E-state index contributed by atoms with van der Waals surface area (Å²) < 4.78 is 27.2. The monoisotopic (exact) mass is 282 g/mol. The smallest absolute Gasteiger partial charge is 0.225 e. The van der Waals surface area contributed by atoms with Crippen LogP contribution in [0.2, 0.25) is 0 Å². The molecule has 2 rings (SSSR count). The van der Waals surface area contributed by atoms with Crippen molar-refractivity contribution in [3.05, 3.63) is 35.4 Å². The van der Waals surface area contributed by atoms with Crippen LogP contribution in [0.25, 0.3) is 0 Å². The minimum Gasteiger partial charge on any atom is -0.341 e. The molecule has 0 saturated carbocycles. The zero-order valence-corrected chi connectivity index (χ0v) is 11.8. The van der Waals surface area contributed by atoms with E-state index >= 15 is 0 Å². The number of carbonyl (C=O) groups excluding carboxylic acids is 1. The maximum Gasteiger partial charge on any atom is 0.225 e. The number of hydrogen-bond donors (Lipinski definition) is 1. The number of rotatable bonds is 4. The molecule has 20 heavy (non-hydrogen) atoms. The molecule has 1 aromatic rings. The van der Waals surface area contributed by atoms with Gasteiger partial charge in [-0.2, -0.15) is 0 Å². The Kier molecular flexibility index (Phi) is 4.70. The van der Waals surface area contributed by atoms with E-state index in [0.29, 0.717) is 13.1 Å². The van der Waals surface area contributed by atoms with E-state index in [1.165, 1.54) is 6.07 Å².